The predicted molar refractivity (Wildman–Crippen MR) is 86.1 cm³/mol. The fourth-order valence-electron chi connectivity index (χ4n) is 2.86. The maximum absolute atomic E-state index is 9.54. The minimum Gasteiger partial charge on any atom is -0.440 e. The van der Waals surface area contributed by atoms with Gasteiger partial charge in [-0.15, -0.1) is 0 Å². The third-order valence-electron chi connectivity index (χ3n) is 3.99. The van der Waals surface area contributed by atoms with E-state index in [9.17, 15) is 5.26 Å². The Balaban J connectivity index is 2.28. The molecule has 1 aliphatic rings. The average Bonchev–Trinajstić information content (AvgIpc) is 2.48. The van der Waals surface area contributed by atoms with Gasteiger partial charge in [0, 0.05) is 17.3 Å². The minimum atomic E-state index is -0.228. The third-order valence-corrected chi connectivity index (χ3v) is 3.99. The molecule has 0 aliphatic carbocycles. The highest BCUT2D eigenvalue weighted by molar-refractivity contribution is 5.60. The standard InChI is InChI=1S/C18H17N3O/c1-10-3-4-11(2)14(7-10)17-13-6-5-12(20)8-16(13)22-18(21)15(17)9-19/h3-8,17H,20-21H2,1-2H3/t17-/m0/s1. The van der Waals surface area contributed by atoms with Gasteiger partial charge in [-0.3, -0.25) is 0 Å². The molecule has 0 spiro atoms. The van der Waals surface area contributed by atoms with E-state index in [-0.39, 0.29) is 11.8 Å². The fraction of sp³-hybridized carbons (Fsp3) is 0.167. The number of allylic oxidation sites excluding steroid dienone is 1. The van der Waals surface area contributed by atoms with Gasteiger partial charge in [0.15, 0.2) is 0 Å². The Labute approximate surface area is 129 Å². The molecule has 0 saturated carbocycles. The number of nitrogens with two attached hydrogens (primary N) is 2. The Morgan fingerprint density at radius 1 is 1.05 bits per heavy atom. The second-order valence-corrected chi connectivity index (χ2v) is 5.58. The number of nitrogens with zero attached hydrogens (tertiary/aromatic N) is 1. The Bertz CT molecular complexity index is 831. The highest BCUT2D eigenvalue weighted by Crippen LogP contribution is 2.43. The van der Waals surface area contributed by atoms with Crippen molar-refractivity contribution >= 4 is 5.69 Å². The maximum atomic E-state index is 9.54. The number of hydrogen-bond donors (Lipinski definition) is 2. The smallest absolute Gasteiger partial charge is 0.205 e. The quantitative estimate of drug-likeness (QED) is 0.791. The topological polar surface area (TPSA) is 85.1 Å². The first-order valence-corrected chi connectivity index (χ1v) is 7.05. The van der Waals surface area contributed by atoms with Crippen molar-refractivity contribution in [3.05, 3.63) is 70.1 Å². The lowest BCUT2D eigenvalue weighted by Gasteiger charge is -2.27. The molecule has 1 aliphatic heterocycles. The summed E-state index contributed by atoms with van der Waals surface area (Å²) in [5, 5.41) is 9.54. The van der Waals surface area contributed by atoms with Gasteiger partial charge in [-0.2, -0.15) is 5.26 Å². The molecule has 0 amide bonds. The molecule has 1 atom stereocenters. The summed E-state index contributed by atoms with van der Waals surface area (Å²) in [5.41, 5.74) is 17.1. The van der Waals surface area contributed by atoms with E-state index in [1.165, 1.54) is 0 Å². The molecule has 0 unspecified atom stereocenters. The minimum absolute atomic E-state index is 0.145. The summed E-state index contributed by atoms with van der Waals surface area (Å²) >= 11 is 0. The zero-order valence-corrected chi connectivity index (χ0v) is 12.6. The van der Waals surface area contributed by atoms with Gasteiger partial charge < -0.3 is 16.2 Å². The predicted octanol–water partition coefficient (Wildman–Crippen LogP) is 3.10. The van der Waals surface area contributed by atoms with Crippen LogP contribution in [0, 0.1) is 25.2 Å². The Kier molecular flexibility index (Phi) is 3.26. The van der Waals surface area contributed by atoms with Gasteiger partial charge in [0.2, 0.25) is 5.88 Å². The van der Waals surface area contributed by atoms with Crippen LogP contribution in [0.2, 0.25) is 0 Å². The van der Waals surface area contributed by atoms with E-state index in [0.717, 1.165) is 22.3 Å². The summed E-state index contributed by atoms with van der Waals surface area (Å²) in [4.78, 5) is 0. The Morgan fingerprint density at radius 2 is 1.82 bits per heavy atom. The van der Waals surface area contributed by atoms with E-state index >= 15 is 0 Å². The van der Waals surface area contributed by atoms with E-state index in [2.05, 4.69) is 24.3 Å². The van der Waals surface area contributed by atoms with Crippen molar-refractivity contribution in [2.45, 2.75) is 19.8 Å². The van der Waals surface area contributed by atoms with Crippen molar-refractivity contribution in [1.29, 1.82) is 5.26 Å². The summed E-state index contributed by atoms with van der Waals surface area (Å²) in [6, 6.07) is 13.9. The van der Waals surface area contributed by atoms with Crippen LogP contribution in [0.5, 0.6) is 5.75 Å². The first kappa shape index (κ1) is 14.0. The summed E-state index contributed by atoms with van der Waals surface area (Å²) in [7, 11) is 0. The Morgan fingerprint density at radius 3 is 2.55 bits per heavy atom. The Hall–Kier alpha value is -2.93. The van der Waals surface area contributed by atoms with Crippen molar-refractivity contribution in [3.8, 4) is 11.8 Å². The lowest BCUT2D eigenvalue weighted by atomic mass is 9.81. The van der Waals surface area contributed by atoms with Gasteiger partial charge in [-0.25, -0.2) is 0 Å². The molecule has 0 radical (unpaired) electrons. The number of rotatable bonds is 1. The molecule has 4 N–H and O–H groups in total. The van der Waals surface area contributed by atoms with Crippen LogP contribution in [0.25, 0.3) is 0 Å². The molecular formula is C18H17N3O. The molecule has 4 heteroatoms. The molecule has 2 aromatic rings. The molecule has 4 nitrogen and oxygen atoms in total. The molecule has 3 rings (SSSR count). The molecule has 110 valence electrons. The molecule has 22 heavy (non-hydrogen) atoms. The molecule has 0 fully saturated rings. The van der Waals surface area contributed by atoms with Crippen molar-refractivity contribution in [2.75, 3.05) is 5.73 Å². The third kappa shape index (κ3) is 2.17. The van der Waals surface area contributed by atoms with Crippen LogP contribution in [0.4, 0.5) is 5.69 Å². The molecule has 1 heterocycles. The molecule has 2 aromatic carbocycles. The molecule has 0 bridgehead atoms. The first-order chi connectivity index (χ1) is 10.5. The largest absolute Gasteiger partial charge is 0.440 e. The number of fused-ring (bicyclic) bond motifs is 1. The lowest BCUT2D eigenvalue weighted by Crippen LogP contribution is -2.21. The lowest BCUT2D eigenvalue weighted by molar-refractivity contribution is 0.394. The SMILES string of the molecule is Cc1ccc(C)c([C@H]2C(C#N)=C(N)Oc3cc(N)ccc32)c1. The highest BCUT2D eigenvalue weighted by atomic mass is 16.5. The molecular weight excluding hydrogens is 274 g/mol. The van der Waals surface area contributed by atoms with Crippen molar-refractivity contribution < 1.29 is 4.74 Å². The monoisotopic (exact) mass is 291 g/mol. The zero-order valence-electron chi connectivity index (χ0n) is 12.6. The second-order valence-electron chi connectivity index (χ2n) is 5.58. The van der Waals surface area contributed by atoms with Crippen LogP contribution in [0.3, 0.4) is 0 Å². The number of ether oxygens (including phenoxy) is 1. The van der Waals surface area contributed by atoms with Crippen LogP contribution in [0.1, 0.15) is 28.2 Å². The van der Waals surface area contributed by atoms with Crippen LogP contribution in [-0.4, -0.2) is 0 Å². The van der Waals surface area contributed by atoms with Crippen LogP contribution in [-0.2, 0) is 0 Å². The van der Waals surface area contributed by atoms with Gasteiger partial charge in [0.25, 0.3) is 0 Å². The van der Waals surface area contributed by atoms with E-state index in [1.807, 2.05) is 26.0 Å². The van der Waals surface area contributed by atoms with Gasteiger partial charge in [0.05, 0.1) is 5.92 Å². The highest BCUT2D eigenvalue weighted by Gasteiger charge is 2.31. The first-order valence-electron chi connectivity index (χ1n) is 7.05. The molecule has 0 aromatic heterocycles. The fourth-order valence-corrected chi connectivity index (χ4v) is 2.86. The van der Waals surface area contributed by atoms with Crippen LogP contribution < -0.4 is 16.2 Å². The summed E-state index contributed by atoms with van der Waals surface area (Å²) in [6.07, 6.45) is 0. The summed E-state index contributed by atoms with van der Waals surface area (Å²) in [5.74, 6) is 0.531. The number of anilines is 1. The number of benzene rings is 2. The van der Waals surface area contributed by atoms with E-state index < -0.39 is 0 Å². The van der Waals surface area contributed by atoms with Crippen molar-refractivity contribution in [2.24, 2.45) is 5.73 Å². The maximum Gasteiger partial charge on any atom is 0.205 e. The van der Waals surface area contributed by atoms with Gasteiger partial charge in [-0.1, -0.05) is 29.8 Å². The van der Waals surface area contributed by atoms with Gasteiger partial charge >= 0.3 is 0 Å². The van der Waals surface area contributed by atoms with E-state index in [0.29, 0.717) is 17.0 Å². The van der Waals surface area contributed by atoms with E-state index in [1.54, 1.807) is 6.07 Å². The van der Waals surface area contributed by atoms with Crippen molar-refractivity contribution in [1.82, 2.24) is 0 Å². The average molecular weight is 291 g/mol. The number of nitrogen functional groups attached to an aromatic ring is 1. The van der Waals surface area contributed by atoms with E-state index in [4.69, 9.17) is 16.2 Å². The summed E-state index contributed by atoms with van der Waals surface area (Å²) in [6.45, 7) is 4.07. The van der Waals surface area contributed by atoms with Gasteiger partial charge in [-0.05, 0) is 31.0 Å². The van der Waals surface area contributed by atoms with Crippen LogP contribution >= 0.6 is 0 Å². The number of nitriles is 1. The number of aryl methyl sites for hydroxylation is 2. The van der Waals surface area contributed by atoms with Crippen molar-refractivity contribution in [3.63, 3.8) is 0 Å². The zero-order chi connectivity index (χ0) is 15.9. The van der Waals surface area contributed by atoms with Crippen LogP contribution in [0.15, 0.2) is 47.9 Å². The second kappa shape index (κ2) is 5.12. The normalized spacial score (nSPS) is 16.7. The molecule has 0 saturated heterocycles. The number of hydrogen-bond acceptors (Lipinski definition) is 4. The van der Waals surface area contributed by atoms with Gasteiger partial charge in [0.1, 0.15) is 17.4 Å². The summed E-state index contributed by atoms with van der Waals surface area (Å²) < 4.78 is 5.59.